The van der Waals surface area contributed by atoms with Gasteiger partial charge in [-0.15, -0.1) is 22.7 Å². The van der Waals surface area contributed by atoms with E-state index in [9.17, 15) is 10.5 Å². The number of hydrogen-bond donors (Lipinski definition) is 0. The van der Waals surface area contributed by atoms with Crippen molar-refractivity contribution in [2.75, 3.05) is 0 Å². The smallest absolute Gasteiger partial charge is 0.136 e. The highest BCUT2D eigenvalue weighted by Crippen LogP contribution is 2.53. The van der Waals surface area contributed by atoms with Gasteiger partial charge in [0.05, 0.1) is 54.0 Å². The van der Waals surface area contributed by atoms with Gasteiger partial charge in [-0.2, -0.15) is 10.5 Å². The molecule has 0 atom stereocenters. The first-order valence-electron chi connectivity index (χ1n) is 27.0. The number of fused-ring (bicyclic) bond motifs is 17. The van der Waals surface area contributed by atoms with Gasteiger partial charge in [-0.05, 0) is 75.8 Å². The first-order valence-corrected chi connectivity index (χ1v) is 28.7. The molecule has 0 radical (unpaired) electrons. The molecule has 0 saturated carbocycles. The Bertz CT molecular complexity index is 5610. The number of hydrogen-bond acceptors (Lipinski definition) is 5. The minimum Gasteiger partial charge on any atom is -0.456 e. The van der Waals surface area contributed by atoms with Crippen molar-refractivity contribution in [3.05, 3.63) is 254 Å². The van der Waals surface area contributed by atoms with Crippen LogP contribution in [0.25, 0.3) is 162 Å². The summed E-state index contributed by atoms with van der Waals surface area (Å²) in [5.74, 6) is 0. The standard InChI is InChI=1S/C74H40N4OS2/c75-41-57-65(44-20-6-2-7-21-44)58(42-76)70(78-71-51(35-37-53-50-25-12-15-32-63(50)80-73(53)71)52-36-38-55-68-47(43-18-4-1-5-19-43)28-17-33-64(68)81-74(55)72(52)78)66(45-22-8-3-9-23-45)69(57)77-59-29-13-10-24-49(59)56-40-46(34-39-60(56)77)48-27-16-31-62-67(48)54-26-11-14-30-61(54)79-62/h1-40H. The number of rotatable bonds is 6. The van der Waals surface area contributed by atoms with E-state index in [1.54, 1.807) is 22.7 Å². The largest absolute Gasteiger partial charge is 0.456 e. The monoisotopic (exact) mass is 1060 g/mol. The van der Waals surface area contributed by atoms with Crippen LogP contribution in [-0.2, 0) is 0 Å². The van der Waals surface area contributed by atoms with E-state index in [-0.39, 0.29) is 0 Å². The topological polar surface area (TPSA) is 70.6 Å². The molecule has 0 amide bonds. The Hall–Kier alpha value is -10.5. The lowest BCUT2D eigenvalue weighted by Crippen LogP contribution is -2.11. The van der Waals surface area contributed by atoms with Crippen molar-refractivity contribution in [1.82, 2.24) is 9.13 Å². The summed E-state index contributed by atoms with van der Waals surface area (Å²) in [5, 5.41) is 35.6. The molecule has 0 bridgehead atoms. The molecule has 0 N–H and O–H groups in total. The summed E-state index contributed by atoms with van der Waals surface area (Å²) in [7, 11) is 0. The Balaban J connectivity index is 1.09. The van der Waals surface area contributed by atoms with Crippen LogP contribution in [0.1, 0.15) is 11.1 Å². The summed E-state index contributed by atoms with van der Waals surface area (Å²) in [6, 6.07) is 91.1. The van der Waals surface area contributed by atoms with Crippen LogP contribution in [0.15, 0.2) is 247 Å². The van der Waals surface area contributed by atoms with Crippen molar-refractivity contribution < 1.29 is 4.42 Å². The van der Waals surface area contributed by atoms with Gasteiger partial charge in [0.25, 0.3) is 0 Å². The van der Waals surface area contributed by atoms with Gasteiger partial charge in [0.1, 0.15) is 23.3 Å². The first-order chi connectivity index (χ1) is 40.1. The molecule has 17 aromatic rings. The Morgan fingerprint density at radius 2 is 0.852 bits per heavy atom. The zero-order valence-corrected chi connectivity index (χ0v) is 44.7. The number of nitrogens with zero attached hydrogens (tertiary/aromatic N) is 4. The molecule has 0 unspecified atom stereocenters. The molecule has 0 fully saturated rings. The maximum atomic E-state index is 12.4. The first kappa shape index (κ1) is 45.5. The summed E-state index contributed by atoms with van der Waals surface area (Å²) in [5.41, 5.74) is 15.3. The zero-order valence-electron chi connectivity index (χ0n) is 43.1. The average Bonchev–Trinajstić information content (AvgIpc) is 4.43. The Labute approximate surface area is 471 Å². The van der Waals surface area contributed by atoms with Gasteiger partial charge in [0.15, 0.2) is 0 Å². The summed E-state index contributed by atoms with van der Waals surface area (Å²) in [6.07, 6.45) is 0. The van der Waals surface area contributed by atoms with Gasteiger partial charge in [-0.25, -0.2) is 0 Å². The summed E-state index contributed by atoms with van der Waals surface area (Å²) in [4.78, 5) is 0. The molecule has 0 saturated heterocycles. The third-order valence-corrected chi connectivity index (χ3v) is 19.0. The molecule has 12 aromatic carbocycles. The Kier molecular flexibility index (Phi) is 9.82. The molecular weight excluding hydrogens is 1020 g/mol. The van der Waals surface area contributed by atoms with E-state index in [0.717, 1.165) is 125 Å². The normalized spacial score (nSPS) is 11.9. The second-order valence-corrected chi connectivity index (χ2v) is 22.9. The quantitative estimate of drug-likeness (QED) is 0.167. The molecule has 0 aliphatic carbocycles. The molecule has 5 nitrogen and oxygen atoms in total. The summed E-state index contributed by atoms with van der Waals surface area (Å²) >= 11 is 3.59. The number of para-hydroxylation sites is 2. The van der Waals surface area contributed by atoms with Crippen LogP contribution in [0.5, 0.6) is 0 Å². The zero-order chi connectivity index (χ0) is 53.4. The van der Waals surface area contributed by atoms with Crippen molar-refractivity contribution in [3.63, 3.8) is 0 Å². The molecule has 17 rings (SSSR count). The predicted molar refractivity (Wildman–Crippen MR) is 339 cm³/mol. The highest BCUT2D eigenvalue weighted by molar-refractivity contribution is 7.27. The number of benzene rings is 12. The van der Waals surface area contributed by atoms with Crippen molar-refractivity contribution >= 4 is 129 Å². The van der Waals surface area contributed by atoms with E-state index < -0.39 is 0 Å². The van der Waals surface area contributed by atoms with Gasteiger partial charge < -0.3 is 13.6 Å². The average molecular weight is 1070 g/mol. The summed E-state index contributed by atoms with van der Waals surface area (Å²) < 4.78 is 15.8. The molecule has 0 aliphatic rings. The maximum absolute atomic E-state index is 12.4. The SMILES string of the molecule is N#Cc1c(-c2ccccc2)c(C#N)c(-n2c3c(ccc4c5ccccc5sc43)c3ccc4c(sc5cccc(-c6ccccc6)c54)c32)c(-c2ccccc2)c1-n1c2ccccc2c2cc(-c3cccc4oc5ccccc5c34)ccc21. The Morgan fingerprint density at radius 3 is 1.58 bits per heavy atom. The van der Waals surface area contributed by atoms with E-state index in [4.69, 9.17) is 4.42 Å². The fraction of sp³-hybridized carbons (Fsp3) is 0. The highest BCUT2D eigenvalue weighted by atomic mass is 32.1. The Morgan fingerprint density at radius 1 is 0.333 bits per heavy atom. The second kappa shape index (κ2) is 17.5. The van der Waals surface area contributed by atoms with Gasteiger partial charge >= 0.3 is 0 Å². The second-order valence-electron chi connectivity index (χ2n) is 20.8. The van der Waals surface area contributed by atoms with Crippen LogP contribution in [0.2, 0.25) is 0 Å². The number of thiophene rings is 2. The van der Waals surface area contributed by atoms with Crippen molar-refractivity contribution in [3.8, 4) is 68.0 Å². The van der Waals surface area contributed by atoms with Gasteiger partial charge in [-0.3, -0.25) is 0 Å². The third-order valence-electron chi connectivity index (χ3n) is 16.6. The lowest BCUT2D eigenvalue weighted by Gasteiger charge is -2.25. The van der Waals surface area contributed by atoms with Crippen molar-refractivity contribution in [2.24, 2.45) is 0 Å². The van der Waals surface area contributed by atoms with E-state index in [2.05, 4.69) is 209 Å². The van der Waals surface area contributed by atoms with E-state index in [1.165, 1.54) is 25.7 Å². The fourth-order valence-corrected chi connectivity index (χ4v) is 15.8. The number of nitriles is 2. The predicted octanol–water partition coefficient (Wildman–Crippen LogP) is 20.9. The van der Waals surface area contributed by atoms with Crippen LogP contribution in [-0.4, -0.2) is 9.13 Å². The van der Waals surface area contributed by atoms with Crippen LogP contribution in [0.3, 0.4) is 0 Å². The summed E-state index contributed by atoms with van der Waals surface area (Å²) in [6.45, 7) is 0. The molecule has 0 aliphatic heterocycles. The molecule has 374 valence electrons. The van der Waals surface area contributed by atoms with Gasteiger partial charge in [0.2, 0.25) is 0 Å². The third kappa shape index (κ3) is 6.45. The minimum atomic E-state index is 0.411. The van der Waals surface area contributed by atoms with Gasteiger partial charge in [-0.1, -0.05) is 200 Å². The van der Waals surface area contributed by atoms with Crippen molar-refractivity contribution in [1.29, 1.82) is 10.5 Å². The number of aromatic nitrogens is 2. The number of furan rings is 1. The molecule has 5 heterocycles. The van der Waals surface area contributed by atoms with Crippen LogP contribution < -0.4 is 0 Å². The molecule has 81 heavy (non-hydrogen) atoms. The maximum Gasteiger partial charge on any atom is 0.136 e. The van der Waals surface area contributed by atoms with Gasteiger partial charge in [0, 0.05) is 74.4 Å². The fourth-order valence-electron chi connectivity index (χ4n) is 13.3. The lowest BCUT2D eigenvalue weighted by atomic mass is 9.86. The van der Waals surface area contributed by atoms with E-state index in [0.29, 0.717) is 22.4 Å². The molecule has 5 aromatic heterocycles. The molecular formula is C74H40N4OS2. The van der Waals surface area contributed by atoms with Crippen LogP contribution >= 0.6 is 22.7 Å². The highest BCUT2D eigenvalue weighted by Gasteiger charge is 2.33. The van der Waals surface area contributed by atoms with Crippen molar-refractivity contribution in [2.45, 2.75) is 0 Å². The van der Waals surface area contributed by atoms with E-state index in [1.807, 2.05) is 54.6 Å². The van der Waals surface area contributed by atoms with Crippen LogP contribution in [0, 0.1) is 22.7 Å². The lowest BCUT2D eigenvalue weighted by molar-refractivity contribution is 0.669. The van der Waals surface area contributed by atoms with E-state index >= 15 is 0 Å². The molecule has 0 spiro atoms. The van der Waals surface area contributed by atoms with Crippen LogP contribution in [0.4, 0.5) is 0 Å². The molecule has 7 heteroatoms. The minimum absolute atomic E-state index is 0.411.